The van der Waals surface area contributed by atoms with Crippen molar-refractivity contribution in [3.8, 4) is 17.2 Å². The number of rotatable bonds is 4. The fourth-order valence-corrected chi connectivity index (χ4v) is 5.56. The van der Waals surface area contributed by atoms with Crippen LogP contribution in [0.3, 0.4) is 0 Å². The zero-order chi connectivity index (χ0) is 20.5. The van der Waals surface area contributed by atoms with Gasteiger partial charge in [-0.25, -0.2) is 0 Å². The van der Waals surface area contributed by atoms with Gasteiger partial charge in [0.15, 0.2) is 11.5 Å². The molecule has 5 nitrogen and oxygen atoms in total. The van der Waals surface area contributed by atoms with Gasteiger partial charge in [-0.15, -0.1) is 11.8 Å². The number of halogens is 1. The fraction of sp³-hybridized carbons (Fsp3) is 0.261. The fourth-order valence-electron chi connectivity index (χ4n) is 3.86. The third-order valence-electron chi connectivity index (χ3n) is 5.37. The molecule has 0 unspecified atom stereocenters. The van der Waals surface area contributed by atoms with Crippen molar-refractivity contribution in [3.63, 3.8) is 0 Å². The highest BCUT2D eigenvalue weighted by Gasteiger charge is 2.27. The first-order valence-electron chi connectivity index (χ1n) is 9.79. The first kappa shape index (κ1) is 19.4. The number of thioether (sulfide) groups is 1. The lowest BCUT2D eigenvalue weighted by Gasteiger charge is -2.25. The number of methoxy groups -OCH3 is 1. The number of hydrogen-bond acceptors (Lipinski definition) is 6. The van der Waals surface area contributed by atoms with E-state index in [1.807, 2.05) is 42.2 Å². The largest absolute Gasteiger partial charge is 0.497 e. The third kappa shape index (κ3) is 3.77. The molecule has 1 atom stereocenters. The van der Waals surface area contributed by atoms with Crippen LogP contribution >= 0.6 is 23.4 Å². The molecule has 0 bridgehead atoms. The van der Waals surface area contributed by atoms with E-state index in [4.69, 9.17) is 25.8 Å². The minimum absolute atomic E-state index is 0.191. The van der Waals surface area contributed by atoms with Gasteiger partial charge in [-0.1, -0.05) is 17.7 Å². The maximum atomic E-state index is 6.65. The molecule has 5 rings (SSSR count). The van der Waals surface area contributed by atoms with Gasteiger partial charge in [0, 0.05) is 46.7 Å². The molecular formula is C23H21ClN2O3S. The lowest BCUT2D eigenvalue weighted by atomic mass is 10.1. The van der Waals surface area contributed by atoms with Crippen LogP contribution in [0.2, 0.25) is 5.02 Å². The standard InChI is InChI=1S/C23H21ClN2O3S/c1-27-16-4-5-19-23(9-16)30-22(6-8-26(19)13-15-3-2-7-25-12-15)17-10-20-21(11-18(17)24)29-14-28-20/h2-5,7,9-12,22H,6,8,13-14H2,1H3/t22-/m1/s1. The SMILES string of the molecule is COc1ccc2c(c1)S[C@@H](c1cc3c(cc1Cl)OCO3)CCN2Cc1cccnc1. The predicted octanol–water partition coefficient (Wildman–Crippen LogP) is 5.72. The molecule has 0 fully saturated rings. The molecule has 0 saturated carbocycles. The van der Waals surface area contributed by atoms with Crippen molar-refractivity contribution < 1.29 is 14.2 Å². The van der Waals surface area contributed by atoms with Gasteiger partial charge in [-0.3, -0.25) is 4.98 Å². The summed E-state index contributed by atoms with van der Waals surface area (Å²) in [5.74, 6) is 2.32. The predicted molar refractivity (Wildman–Crippen MR) is 119 cm³/mol. The van der Waals surface area contributed by atoms with Crippen molar-refractivity contribution in [3.05, 3.63) is 71.0 Å². The molecule has 0 saturated heterocycles. The van der Waals surface area contributed by atoms with E-state index in [0.717, 1.165) is 36.6 Å². The Labute approximate surface area is 184 Å². The highest BCUT2D eigenvalue weighted by atomic mass is 35.5. The van der Waals surface area contributed by atoms with Crippen molar-refractivity contribution in [2.75, 3.05) is 25.3 Å². The monoisotopic (exact) mass is 440 g/mol. The Kier molecular flexibility index (Phi) is 5.35. The molecule has 0 spiro atoms. The Morgan fingerprint density at radius 1 is 1.20 bits per heavy atom. The number of anilines is 1. The lowest BCUT2D eigenvalue weighted by molar-refractivity contribution is 0.174. The molecule has 30 heavy (non-hydrogen) atoms. The van der Waals surface area contributed by atoms with E-state index < -0.39 is 0 Å². The molecule has 3 heterocycles. The summed E-state index contributed by atoms with van der Waals surface area (Å²) in [4.78, 5) is 7.85. The summed E-state index contributed by atoms with van der Waals surface area (Å²) in [5.41, 5.74) is 3.45. The van der Waals surface area contributed by atoms with E-state index in [-0.39, 0.29) is 12.0 Å². The molecule has 2 aromatic carbocycles. The molecule has 2 aliphatic heterocycles. The Morgan fingerprint density at radius 2 is 2.07 bits per heavy atom. The Balaban J connectivity index is 1.50. The Hall–Kier alpha value is -2.57. The van der Waals surface area contributed by atoms with Crippen molar-refractivity contribution >= 4 is 29.1 Å². The van der Waals surface area contributed by atoms with Gasteiger partial charge in [0.2, 0.25) is 6.79 Å². The topological polar surface area (TPSA) is 43.8 Å². The van der Waals surface area contributed by atoms with E-state index in [0.29, 0.717) is 10.8 Å². The summed E-state index contributed by atoms with van der Waals surface area (Å²) >= 11 is 8.47. The zero-order valence-electron chi connectivity index (χ0n) is 16.5. The summed E-state index contributed by atoms with van der Waals surface area (Å²) in [6.07, 6.45) is 4.67. The number of pyridine rings is 1. The van der Waals surface area contributed by atoms with Crippen LogP contribution in [-0.2, 0) is 6.54 Å². The van der Waals surface area contributed by atoms with Crippen molar-refractivity contribution in [1.82, 2.24) is 4.98 Å². The number of hydrogen-bond donors (Lipinski definition) is 0. The normalized spacial score (nSPS) is 17.4. The molecule has 0 amide bonds. The lowest BCUT2D eigenvalue weighted by Crippen LogP contribution is -2.24. The van der Waals surface area contributed by atoms with E-state index in [9.17, 15) is 0 Å². The second-order valence-electron chi connectivity index (χ2n) is 7.24. The van der Waals surface area contributed by atoms with Crippen LogP contribution in [0.1, 0.15) is 22.8 Å². The highest BCUT2D eigenvalue weighted by molar-refractivity contribution is 7.99. The maximum absolute atomic E-state index is 6.65. The van der Waals surface area contributed by atoms with Crippen LogP contribution in [0.4, 0.5) is 5.69 Å². The van der Waals surface area contributed by atoms with E-state index in [1.54, 1.807) is 13.3 Å². The molecule has 2 aliphatic rings. The minimum Gasteiger partial charge on any atom is -0.497 e. The number of aromatic nitrogens is 1. The molecule has 1 aromatic heterocycles. The average molecular weight is 441 g/mol. The molecule has 3 aromatic rings. The summed E-state index contributed by atoms with van der Waals surface area (Å²) < 4.78 is 16.6. The number of benzene rings is 2. The molecule has 0 radical (unpaired) electrons. The first-order chi connectivity index (χ1) is 14.7. The van der Waals surface area contributed by atoms with Crippen molar-refractivity contribution in [2.45, 2.75) is 23.1 Å². The summed E-state index contributed by atoms with van der Waals surface area (Å²) in [5, 5.41) is 0.902. The molecule has 7 heteroatoms. The Morgan fingerprint density at radius 3 is 2.87 bits per heavy atom. The quantitative estimate of drug-likeness (QED) is 0.517. The number of fused-ring (bicyclic) bond motifs is 2. The van der Waals surface area contributed by atoms with E-state index >= 15 is 0 Å². The average Bonchev–Trinajstić information content (AvgIpc) is 3.15. The third-order valence-corrected chi connectivity index (χ3v) is 7.06. The van der Waals surface area contributed by atoms with Gasteiger partial charge in [0.1, 0.15) is 5.75 Å². The van der Waals surface area contributed by atoms with Crippen LogP contribution in [0.15, 0.2) is 59.8 Å². The van der Waals surface area contributed by atoms with Gasteiger partial charge >= 0.3 is 0 Å². The van der Waals surface area contributed by atoms with Crippen LogP contribution < -0.4 is 19.1 Å². The van der Waals surface area contributed by atoms with Crippen LogP contribution in [0.25, 0.3) is 0 Å². The van der Waals surface area contributed by atoms with Crippen LogP contribution in [0.5, 0.6) is 17.2 Å². The molecule has 0 N–H and O–H groups in total. The van der Waals surface area contributed by atoms with Gasteiger partial charge < -0.3 is 19.1 Å². The van der Waals surface area contributed by atoms with Gasteiger partial charge in [0.05, 0.1) is 12.8 Å². The molecule has 0 aliphatic carbocycles. The summed E-state index contributed by atoms with van der Waals surface area (Å²) in [6, 6.07) is 14.2. The molecular weight excluding hydrogens is 420 g/mol. The van der Waals surface area contributed by atoms with Gasteiger partial charge in [-0.05, 0) is 47.9 Å². The first-order valence-corrected chi connectivity index (χ1v) is 11.0. The van der Waals surface area contributed by atoms with Gasteiger partial charge in [0.25, 0.3) is 0 Å². The Bertz CT molecular complexity index is 1060. The molecule has 154 valence electrons. The summed E-state index contributed by atoms with van der Waals surface area (Å²) in [6.45, 7) is 1.94. The van der Waals surface area contributed by atoms with Crippen LogP contribution in [-0.4, -0.2) is 25.4 Å². The maximum Gasteiger partial charge on any atom is 0.231 e. The smallest absolute Gasteiger partial charge is 0.231 e. The van der Waals surface area contributed by atoms with Crippen molar-refractivity contribution in [1.29, 1.82) is 0 Å². The number of ether oxygens (including phenoxy) is 3. The van der Waals surface area contributed by atoms with Gasteiger partial charge in [-0.2, -0.15) is 0 Å². The van der Waals surface area contributed by atoms with E-state index in [2.05, 4.69) is 28.1 Å². The second kappa shape index (κ2) is 8.28. The van der Waals surface area contributed by atoms with Crippen LogP contribution in [0, 0.1) is 0 Å². The second-order valence-corrected chi connectivity index (χ2v) is 8.89. The van der Waals surface area contributed by atoms with E-state index in [1.165, 1.54) is 16.1 Å². The minimum atomic E-state index is 0.191. The number of nitrogens with zero attached hydrogens (tertiary/aromatic N) is 2. The van der Waals surface area contributed by atoms with Crippen molar-refractivity contribution in [2.24, 2.45) is 0 Å². The highest BCUT2D eigenvalue weighted by Crippen LogP contribution is 2.50. The zero-order valence-corrected chi connectivity index (χ0v) is 18.1. The summed E-state index contributed by atoms with van der Waals surface area (Å²) in [7, 11) is 1.70.